The molecular weight excluding hydrogens is 433 g/mol. The monoisotopic (exact) mass is 465 g/mol. The molecule has 2 aromatic carbocycles. The molecule has 2 N–H and O–H groups in total. The second-order valence-electron chi connectivity index (χ2n) is 9.28. The number of rotatable bonds is 9. The predicted octanol–water partition coefficient (Wildman–Crippen LogP) is 4.05. The molecular formula is C27H32FN3O3. The highest BCUT2D eigenvalue weighted by molar-refractivity contribution is 6.20. The van der Waals surface area contributed by atoms with E-state index >= 15 is 0 Å². The molecule has 6 nitrogen and oxygen atoms in total. The third-order valence-electron chi connectivity index (χ3n) is 6.69. The minimum absolute atomic E-state index is 0.259. The number of benzene rings is 2. The molecule has 3 atom stereocenters. The van der Waals surface area contributed by atoms with E-state index in [1.54, 1.807) is 43.4 Å². The van der Waals surface area contributed by atoms with E-state index in [9.17, 15) is 19.1 Å². The summed E-state index contributed by atoms with van der Waals surface area (Å²) in [6.45, 7) is 2.04. The fraction of sp³-hybridized carbons (Fsp3) is 0.444. The van der Waals surface area contributed by atoms with Gasteiger partial charge < -0.3 is 15.3 Å². The first-order valence-corrected chi connectivity index (χ1v) is 12.1. The summed E-state index contributed by atoms with van der Waals surface area (Å²) in [6.07, 6.45) is 3.00. The van der Waals surface area contributed by atoms with Crippen LogP contribution in [0, 0.1) is 17.7 Å². The van der Waals surface area contributed by atoms with Crippen molar-refractivity contribution in [2.75, 3.05) is 11.9 Å². The molecule has 34 heavy (non-hydrogen) atoms. The third-order valence-corrected chi connectivity index (χ3v) is 6.69. The number of amides is 2. The Hall–Kier alpha value is -3.06. The number of carbonyl (C=O) groups excluding carboxylic acids is 2. The van der Waals surface area contributed by atoms with Gasteiger partial charge in [-0.2, -0.15) is 0 Å². The highest BCUT2D eigenvalue weighted by Gasteiger charge is 2.37. The SMILES string of the molecule is CCCC[C@H](O)[C@@H](CC1CC1)C(=O)NC1N=C(c2ccccc2F)c2ccccc2N(C)C1=O. The summed E-state index contributed by atoms with van der Waals surface area (Å²) < 4.78 is 14.8. The van der Waals surface area contributed by atoms with Crippen molar-refractivity contribution in [2.24, 2.45) is 16.8 Å². The number of nitrogens with zero attached hydrogens (tertiary/aromatic N) is 2. The van der Waals surface area contributed by atoms with Crippen LogP contribution >= 0.6 is 0 Å². The van der Waals surface area contributed by atoms with E-state index in [0.29, 0.717) is 35.7 Å². The molecule has 0 bridgehead atoms. The normalized spacial score (nSPS) is 19.6. The maximum Gasteiger partial charge on any atom is 0.272 e. The topological polar surface area (TPSA) is 82.0 Å². The molecule has 0 saturated heterocycles. The molecule has 7 heteroatoms. The van der Waals surface area contributed by atoms with E-state index in [2.05, 4.69) is 10.3 Å². The molecule has 0 aromatic heterocycles. The standard InChI is InChI=1S/C27H32FN3O3/c1-3-4-13-23(32)20(16-17-14-15-17)26(33)30-25-27(34)31(2)22-12-8-6-10-19(22)24(29-25)18-9-5-7-11-21(18)28/h5-12,17,20,23,25,32H,3-4,13-16H2,1-2H3,(H,30,33)/t20-,23+,25?/m1/s1. The van der Waals surface area contributed by atoms with E-state index in [4.69, 9.17) is 0 Å². The van der Waals surface area contributed by atoms with E-state index in [1.807, 2.05) is 13.0 Å². The molecule has 1 unspecified atom stereocenters. The zero-order chi connectivity index (χ0) is 24.2. The van der Waals surface area contributed by atoms with Crippen LogP contribution in [0.25, 0.3) is 0 Å². The van der Waals surface area contributed by atoms with Crippen molar-refractivity contribution >= 4 is 23.2 Å². The lowest BCUT2D eigenvalue weighted by atomic mass is 9.91. The van der Waals surface area contributed by atoms with Crippen LogP contribution in [0.4, 0.5) is 10.1 Å². The van der Waals surface area contributed by atoms with Gasteiger partial charge in [0.15, 0.2) is 0 Å². The van der Waals surface area contributed by atoms with E-state index in [1.165, 1.54) is 11.0 Å². The smallest absolute Gasteiger partial charge is 0.272 e. The number of anilines is 1. The van der Waals surface area contributed by atoms with Gasteiger partial charge in [0.05, 0.1) is 23.4 Å². The highest BCUT2D eigenvalue weighted by atomic mass is 19.1. The van der Waals surface area contributed by atoms with Crippen LogP contribution in [0.2, 0.25) is 0 Å². The number of benzodiazepines with no additional fused rings is 1. The van der Waals surface area contributed by atoms with Crippen LogP contribution in [0.15, 0.2) is 53.5 Å². The van der Waals surface area contributed by atoms with Gasteiger partial charge in [0.25, 0.3) is 5.91 Å². The summed E-state index contributed by atoms with van der Waals surface area (Å²) in [5.41, 5.74) is 1.76. The number of likely N-dealkylation sites (N-methyl/N-ethyl adjacent to an activating group) is 1. The molecule has 1 heterocycles. The zero-order valence-electron chi connectivity index (χ0n) is 19.7. The number of unbranched alkanes of at least 4 members (excludes halogenated alkanes) is 1. The van der Waals surface area contributed by atoms with Crippen molar-refractivity contribution in [2.45, 2.75) is 57.7 Å². The fourth-order valence-electron chi connectivity index (χ4n) is 4.49. The lowest BCUT2D eigenvalue weighted by Crippen LogP contribution is -2.49. The number of aliphatic imine (C=N–C) groups is 1. The van der Waals surface area contributed by atoms with Gasteiger partial charge in [-0.1, -0.05) is 62.9 Å². The van der Waals surface area contributed by atoms with Gasteiger partial charge in [-0.25, -0.2) is 9.38 Å². The Balaban J connectivity index is 1.68. The number of aliphatic hydroxyl groups is 1. The van der Waals surface area contributed by atoms with E-state index in [-0.39, 0.29) is 11.5 Å². The maximum absolute atomic E-state index is 14.8. The Bertz CT molecular complexity index is 1080. The molecule has 2 aliphatic rings. The van der Waals surface area contributed by atoms with Crippen LogP contribution in [0.1, 0.15) is 56.6 Å². The Morgan fingerprint density at radius 2 is 1.85 bits per heavy atom. The number of halogens is 1. The van der Waals surface area contributed by atoms with Crippen LogP contribution in [0.3, 0.4) is 0 Å². The number of hydrogen-bond donors (Lipinski definition) is 2. The third kappa shape index (κ3) is 5.20. The molecule has 0 radical (unpaired) electrons. The van der Waals surface area contributed by atoms with Crippen molar-refractivity contribution in [1.82, 2.24) is 5.32 Å². The number of hydrogen-bond acceptors (Lipinski definition) is 4. The van der Waals surface area contributed by atoms with Crippen molar-refractivity contribution in [3.05, 3.63) is 65.5 Å². The molecule has 0 spiro atoms. The summed E-state index contributed by atoms with van der Waals surface area (Å²) >= 11 is 0. The van der Waals surface area contributed by atoms with Gasteiger partial charge in [-0.15, -0.1) is 0 Å². The molecule has 1 aliphatic heterocycles. The van der Waals surface area contributed by atoms with E-state index in [0.717, 1.165) is 25.7 Å². The Kier molecular flexibility index (Phi) is 7.41. The first-order chi connectivity index (χ1) is 16.4. The number of carbonyl (C=O) groups is 2. The quantitative estimate of drug-likeness (QED) is 0.586. The summed E-state index contributed by atoms with van der Waals surface area (Å²) in [5, 5.41) is 13.5. The molecule has 180 valence electrons. The van der Waals surface area contributed by atoms with Gasteiger partial charge >= 0.3 is 0 Å². The van der Waals surface area contributed by atoms with Crippen LogP contribution < -0.4 is 10.2 Å². The Morgan fingerprint density at radius 3 is 2.53 bits per heavy atom. The second-order valence-corrected chi connectivity index (χ2v) is 9.28. The van der Waals surface area contributed by atoms with Crippen molar-refractivity contribution < 1.29 is 19.1 Å². The average molecular weight is 466 g/mol. The van der Waals surface area contributed by atoms with Crippen LogP contribution in [-0.4, -0.2) is 41.9 Å². The van der Waals surface area contributed by atoms with Crippen LogP contribution in [0.5, 0.6) is 0 Å². The number of para-hydroxylation sites is 1. The molecule has 1 saturated carbocycles. The minimum Gasteiger partial charge on any atom is -0.392 e. The second kappa shape index (κ2) is 10.5. The van der Waals surface area contributed by atoms with Crippen LogP contribution in [-0.2, 0) is 9.59 Å². The predicted molar refractivity (Wildman–Crippen MR) is 130 cm³/mol. The molecule has 1 fully saturated rings. The molecule has 2 aromatic rings. The number of aliphatic hydroxyl groups excluding tert-OH is 1. The Labute approximate surface area is 199 Å². The molecule has 1 aliphatic carbocycles. The summed E-state index contributed by atoms with van der Waals surface area (Å²) in [4.78, 5) is 32.7. The maximum atomic E-state index is 14.8. The first kappa shape index (κ1) is 24.1. The highest BCUT2D eigenvalue weighted by Crippen LogP contribution is 2.37. The minimum atomic E-state index is -1.22. The van der Waals surface area contributed by atoms with Crippen molar-refractivity contribution in [3.63, 3.8) is 0 Å². The van der Waals surface area contributed by atoms with Crippen molar-refractivity contribution in [1.29, 1.82) is 0 Å². The van der Waals surface area contributed by atoms with Crippen molar-refractivity contribution in [3.8, 4) is 0 Å². The number of fused-ring (bicyclic) bond motifs is 1. The summed E-state index contributed by atoms with van der Waals surface area (Å²) in [7, 11) is 1.62. The first-order valence-electron chi connectivity index (χ1n) is 12.1. The lowest BCUT2D eigenvalue weighted by Gasteiger charge is -2.25. The van der Waals surface area contributed by atoms with E-state index < -0.39 is 29.9 Å². The van der Waals surface area contributed by atoms with Gasteiger partial charge in [0.1, 0.15) is 5.82 Å². The van der Waals surface area contributed by atoms with Gasteiger partial charge in [0.2, 0.25) is 12.1 Å². The average Bonchev–Trinajstić information content (AvgIpc) is 3.68. The summed E-state index contributed by atoms with van der Waals surface area (Å²) in [5.74, 6) is -1.43. The van der Waals surface area contributed by atoms with Gasteiger partial charge in [-0.3, -0.25) is 9.59 Å². The molecule has 4 rings (SSSR count). The summed E-state index contributed by atoms with van der Waals surface area (Å²) in [6, 6.07) is 13.4. The molecule has 2 amide bonds. The Morgan fingerprint density at radius 1 is 1.18 bits per heavy atom. The lowest BCUT2D eigenvalue weighted by molar-refractivity contribution is -0.133. The van der Waals surface area contributed by atoms with Gasteiger partial charge in [-0.05, 0) is 37.0 Å². The number of nitrogens with one attached hydrogen (secondary N) is 1. The largest absolute Gasteiger partial charge is 0.392 e. The zero-order valence-corrected chi connectivity index (χ0v) is 19.7. The fourth-order valence-corrected chi connectivity index (χ4v) is 4.49. The van der Waals surface area contributed by atoms with Gasteiger partial charge in [0, 0.05) is 18.2 Å².